The predicted octanol–water partition coefficient (Wildman–Crippen LogP) is 5.88. The number of aliphatic hydroxyl groups is 1. The van der Waals surface area contributed by atoms with Crippen molar-refractivity contribution in [2.45, 2.75) is 141 Å². The maximum absolute atomic E-state index is 10.2. The van der Waals surface area contributed by atoms with E-state index in [0.29, 0.717) is 19.8 Å². The van der Waals surface area contributed by atoms with Gasteiger partial charge in [-0.25, -0.2) is 4.98 Å². The number of rotatable bonds is 18. The predicted molar refractivity (Wildman–Crippen MR) is 140 cm³/mol. The number of nitrogens with zero attached hydrogens (tertiary/aromatic N) is 2. The zero-order chi connectivity index (χ0) is 25.0. The second-order valence-electron chi connectivity index (χ2n) is 10.9. The van der Waals surface area contributed by atoms with E-state index in [-0.39, 0.29) is 17.8 Å². The Hall–Kier alpha value is -0.773. The lowest BCUT2D eigenvalue weighted by Gasteiger charge is -2.53. The van der Waals surface area contributed by atoms with Crippen LogP contribution in [0.15, 0.2) is 18.7 Å². The number of aromatic nitrogens is 2. The van der Waals surface area contributed by atoms with Gasteiger partial charge in [-0.3, -0.25) is 0 Å². The van der Waals surface area contributed by atoms with Crippen LogP contribution in [-0.4, -0.2) is 60.6 Å². The first-order valence-electron chi connectivity index (χ1n) is 14.2. The third-order valence-electron chi connectivity index (χ3n) is 7.24. The first-order chi connectivity index (χ1) is 17.0. The fourth-order valence-electron chi connectivity index (χ4n) is 5.56. The molecule has 5 atom stereocenters. The summed E-state index contributed by atoms with van der Waals surface area (Å²) in [6, 6.07) is 0.789. The van der Waals surface area contributed by atoms with E-state index in [9.17, 15) is 5.11 Å². The highest BCUT2D eigenvalue weighted by molar-refractivity contribution is 6.61. The zero-order valence-electron chi connectivity index (χ0n) is 22.5. The summed E-state index contributed by atoms with van der Waals surface area (Å²) < 4.78 is 27.8. The van der Waals surface area contributed by atoms with E-state index in [1.54, 1.807) is 12.5 Å². The van der Waals surface area contributed by atoms with E-state index < -0.39 is 14.9 Å². The Morgan fingerprint density at radius 3 is 2.34 bits per heavy atom. The molecule has 2 aliphatic heterocycles. The molecule has 2 saturated heterocycles. The van der Waals surface area contributed by atoms with Crippen molar-refractivity contribution >= 4 is 8.80 Å². The van der Waals surface area contributed by atoms with Gasteiger partial charge >= 0.3 is 8.80 Å². The van der Waals surface area contributed by atoms with Gasteiger partial charge in [0.1, 0.15) is 0 Å². The van der Waals surface area contributed by atoms with Crippen LogP contribution < -0.4 is 0 Å². The van der Waals surface area contributed by atoms with Crippen LogP contribution in [0.25, 0.3) is 0 Å². The summed E-state index contributed by atoms with van der Waals surface area (Å²) in [7, 11) is -2.75. The maximum Gasteiger partial charge on any atom is 0.501 e. The van der Waals surface area contributed by atoms with Crippen molar-refractivity contribution in [3.8, 4) is 0 Å². The van der Waals surface area contributed by atoms with Crippen LogP contribution in [0, 0.1) is 0 Å². The molecule has 202 valence electrons. The largest absolute Gasteiger partial charge is 0.501 e. The fraction of sp³-hybridized carbons (Fsp3) is 0.889. The molecule has 3 heterocycles. The molecule has 2 bridgehead atoms. The van der Waals surface area contributed by atoms with Gasteiger partial charge in [-0.1, -0.05) is 65.2 Å². The molecule has 0 aromatic carbocycles. The number of aliphatic hydroxyl groups excluding tert-OH is 1. The molecule has 8 heteroatoms. The van der Waals surface area contributed by atoms with Crippen LogP contribution in [0.5, 0.6) is 0 Å². The Morgan fingerprint density at radius 2 is 1.69 bits per heavy atom. The molecule has 1 N–H and O–H groups in total. The second-order valence-corrected chi connectivity index (χ2v) is 13.5. The van der Waals surface area contributed by atoms with E-state index in [2.05, 4.69) is 25.8 Å². The summed E-state index contributed by atoms with van der Waals surface area (Å²) >= 11 is 0. The van der Waals surface area contributed by atoms with Gasteiger partial charge < -0.3 is 27.7 Å². The SMILES string of the molecule is CCCCCCCC1CC2(C)CC(CCCCC)O[Si](CCCOCC(O)Cn3ccnc3)(O1)O2. The molecule has 35 heavy (non-hydrogen) atoms. The molecule has 0 spiro atoms. The van der Waals surface area contributed by atoms with Gasteiger partial charge in [0.25, 0.3) is 0 Å². The maximum atomic E-state index is 10.2. The Morgan fingerprint density at radius 1 is 1.03 bits per heavy atom. The minimum atomic E-state index is -2.75. The van der Waals surface area contributed by atoms with Gasteiger partial charge in [-0.15, -0.1) is 0 Å². The smallest absolute Gasteiger partial charge is 0.389 e. The van der Waals surface area contributed by atoms with Crippen LogP contribution in [0.2, 0.25) is 6.04 Å². The minimum absolute atomic E-state index is 0.129. The van der Waals surface area contributed by atoms with E-state index >= 15 is 0 Å². The molecule has 0 saturated carbocycles. The van der Waals surface area contributed by atoms with Crippen molar-refractivity contribution in [1.82, 2.24) is 9.55 Å². The zero-order valence-corrected chi connectivity index (χ0v) is 23.5. The molecule has 0 aliphatic carbocycles. The molecule has 5 unspecified atom stereocenters. The lowest BCUT2D eigenvalue weighted by atomic mass is 9.88. The summed E-state index contributed by atoms with van der Waals surface area (Å²) in [4.78, 5) is 4.01. The summed E-state index contributed by atoms with van der Waals surface area (Å²) in [6.07, 6.45) is 20.3. The van der Waals surface area contributed by atoms with E-state index in [1.807, 2.05) is 10.8 Å². The molecule has 1 aromatic heterocycles. The monoisotopic (exact) mass is 510 g/mol. The van der Waals surface area contributed by atoms with Crippen LogP contribution in [0.3, 0.4) is 0 Å². The third-order valence-corrected chi connectivity index (χ3v) is 10.4. The number of ether oxygens (including phenoxy) is 1. The van der Waals surface area contributed by atoms with Gasteiger partial charge in [-0.05, 0) is 26.2 Å². The standard InChI is InChI=1S/C27H50N2O5Si/c1-4-6-8-9-11-14-26-20-27(3)19-25(13-10-7-5-2)32-35(33-26,34-27)18-12-17-31-22-24(30)21-29-16-15-28-23-29/h15-16,23-26,30H,4-14,17-22H2,1-3H3. The van der Waals surface area contributed by atoms with Crippen molar-refractivity contribution in [3.05, 3.63) is 18.7 Å². The average molecular weight is 511 g/mol. The van der Waals surface area contributed by atoms with Gasteiger partial charge in [0.05, 0.1) is 43.4 Å². The summed E-state index contributed by atoms with van der Waals surface area (Å²) in [6.45, 7) is 8.18. The summed E-state index contributed by atoms with van der Waals surface area (Å²) in [5, 5.41) is 10.2. The molecule has 0 radical (unpaired) electrons. The molecule has 0 amide bonds. The van der Waals surface area contributed by atoms with E-state index in [4.69, 9.17) is 18.0 Å². The van der Waals surface area contributed by atoms with Crippen molar-refractivity contribution < 1.29 is 23.1 Å². The van der Waals surface area contributed by atoms with Crippen molar-refractivity contribution in [2.24, 2.45) is 0 Å². The molecule has 1 aromatic rings. The molecule has 2 fully saturated rings. The van der Waals surface area contributed by atoms with Crippen molar-refractivity contribution in [2.75, 3.05) is 13.2 Å². The van der Waals surface area contributed by atoms with Crippen LogP contribution in [0.1, 0.15) is 104 Å². The fourth-order valence-corrected chi connectivity index (χ4v) is 8.96. The first-order valence-corrected chi connectivity index (χ1v) is 16.2. The van der Waals surface area contributed by atoms with Crippen LogP contribution in [-0.2, 0) is 24.6 Å². The topological polar surface area (TPSA) is 75.0 Å². The van der Waals surface area contributed by atoms with Gasteiger partial charge in [0.2, 0.25) is 0 Å². The highest BCUT2D eigenvalue weighted by Gasteiger charge is 2.58. The summed E-state index contributed by atoms with van der Waals surface area (Å²) in [5.74, 6) is 0. The van der Waals surface area contributed by atoms with E-state index in [1.165, 1.54) is 51.4 Å². The molecule has 7 nitrogen and oxygen atoms in total. The van der Waals surface area contributed by atoms with Crippen LogP contribution >= 0.6 is 0 Å². The van der Waals surface area contributed by atoms with Gasteiger partial charge in [0, 0.05) is 37.9 Å². The van der Waals surface area contributed by atoms with Gasteiger partial charge in [0.15, 0.2) is 0 Å². The first kappa shape index (κ1) is 28.8. The Balaban J connectivity index is 1.49. The lowest BCUT2D eigenvalue weighted by molar-refractivity contribution is -0.166. The average Bonchev–Trinajstić information content (AvgIpc) is 3.30. The molecule has 3 rings (SSSR count). The second kappa shape index (κ2) is 14.8. The van der Waals surface area contributed by atoms with E-state index in [0.717, 1.165) is 38.1 Å². The quantitative estimate of drug-likeness (QED) is 0.196. The number of hydrogen-bond donors (Lipinski definition) is 1. The highest BCUT2D eigenvalue weighted by Crippen LogP contribution is 2.45. The van der Waals surface area contributed by atoms with Crippen LogP contribution in [0.4, 0.5) is 0 Å². The summed E-state index contributed by atoms with van der Waals surface area (Å²) in [5.41, 5.74) is -0.129. The Kier molecular flexibility index (Phi) is 12.2. The number of imidazole rings is 1. The van der Waals surface area contributed by atoms with Gasteiger partial charge in [-0.2, -0.15) is 0 Å². The number of unbranched alkanes of at least 4 members (excludes halogenated alkanes) is 6. The third kappa shape index (κ3) is 9.89. The Bertz CT molecular complexity index is 693. The molecule has 2 aliphatic rings. The molecular formula is C27H50N2O5Si. The van der Waals surface area contributed by atoms with Crippen molar-refractivity contribution in [3.63, 3.8) is 0 Å². The normalized spacial score (nSPS) is 29.4. The number of fused-ring (bicyclic) bond motifs is 2. The Labute approximate surface area is 214 Å². The highest BCUT2D eigenvalue weighted by atomic mass is 28.4. The minimum Gasteiger partial charge on any atom is -0.389 e. The molecular weight excluding hydrogens is 460 g/mol. The lowest BCUT2D eigenvalue weighted by Crippen LogP contribution is -2.65. The van der Waals surface area contributed by atoms with Crippen molar-refractivity contribution in [1.29, 1.82) is 0 Å². The number of hydrogen-bond acceptors (Lipinski definition) is 6.